The van der Waals surface area contributed by atoms with Crippen LogP contribution in [-0.4, -0.2) is 41.3 Å². The fraction of sp³-hybridized carbons (Fsp3) is 0.292. The number of rotatable bonds is 7. The predicted octanol–water partition coefficient (Wildman–Crippen LogP) is 2.46. The summed E-state index contributed by atoms with van der Waals surface area (Å²) in [5, 5.41) is 9.64. The Morgan fingerprint density at radius 1 is 1.00 bits per heavy atom. The fourth-order valence-electron chi connectivity index (χ4n) is 4.05. The van der Waals surface area contributed by atoms with Gasteiger partial charge in [0.25, 0.3) is 5.91 Å². The minimum atomic E-state index is -0.624. The molecule has 7 nitrogen and oxygen atoms in total. The van der Waals surface area contributed by atoms with E-state index in [9.17, 15) is 14.4 Å². The van der Waals surface area contributed by atoms with Crippen LogP contribution in [0.25, 0.3) is 10.9 Å². The van der Waals surface area contributed by atoms with Crippen molar-refractivity contribution in [3.05, 3.63) is 71.9 Å². The lowest BCUT2D eigenvalue weighted by atomic mass is 9.90. The molecule has 160 valence electrons. The number of carbonyl (C=O) groups is 3. The molecule has 4 rings (SSSR count). The van der Waals surface area contributed by atoms with E-state index in [0.29, 0.717) is 24.9 Å². The molecule has 1 saturated heterocycles. The summed E-state index contributed by atoms with van der Waals surface area (Å²) >= 11 is 0. The van der Waals surface area contributed by atoms with Gasteiger partial charge in [-0.2, -0.15) is 0 Å². The van der Waals surface area contributed by atoms with Crippen molar-refractivity contribution < 1.29 is 14.4 Å². The van der Waals surface area contributed by atoms with Gasteiger partial charge in [-0.05, 0) is 36.6 Å². The Hall–Kier alpha value is -3.61. The number of H-pyrrole nitrogens is 1. The maximum absolute atomic E-state index is 12.7. The number of benzene rings is 2. The highest BCUT2D eigenvalue weighted by Gasteiger charge is 2.37. The summed E-state index contributed by atoms with van der Waals surface area (Å²) in [6, 6.07) is 15.7. The van der Waals surface area contributed by atoms with Crippen molar-refractivity contribution >= 4 is 28.6 Å². The number of amides is 3. The van der Waals surface area contributed by atoms with Crippen LogP contribution < -0.4 is 16.0 Å². The Morgan fingerprint density at radius 3 is 2.55 bits per heavy atom. The van der Waals surface area contributed by atoms with Crippen LogP contribution >= 0.6 is 0 Å². The van der Waals surface area contributed by atoms with Crippen molar-refractivity contribution in [1.29, 1.82) is 0 Å². The molecule has 1 fully saturated rings. The van der Waals surface area contributed by atoms with E-state index in [1.807, 2.05) is 55.6 Å². The molecule has 31 heavy (non-hydrogen) atoms. The van der Waals surface area contributed by atoms with Crippen molar-refractivity contribution in [2.24, 2.45) is 0 Å². The van der Waals surface area contributed by atoms with Gasteiger partial charge in [-0.1, -0.05) is 43.3 Å². The van der Waals surface area contributed by atoms with Crippen molar-refractivity contribution in [3.8, 4) is 0 Å². The summed E-state index contributed by atoms with van der Waals surface area (Å²) in [5.41, 5.74) is 2.60. The van der Waals surface area contributed by atoms with Gasteiger partial charge in [0.05, 0.1) is 0 Å². The minimum absolute atomic E-state index is 0.148. The predicted molar refractivity (Wildman–Crippen MR) is 119 cm³/mol. The first-order valence-corrected chi connectivity index (χ1v) is 10.5. The van der Waals surface area contributed by atoms with Crippen LogP contribution in [0.4, 0.5) is 0 Å². The molecule has 1 aliphatic rings. The molecule has 1 aliphatic heterocycles. The quantitative estimate of drug-likeness (QED) is 0.443. The van der Waals surface area contributed by atoms with E-state index in [1.165, 1.54) is 0 Å². The molecule has 3 atom stereocenters. The molecule has 0 bridgehead atoms. The first-order chi connectivity index (χ1) is 15.0. The van der Waals surface area contributed by atoms with Gasteiger partial charge >= 0.3 is 0 Å². The van der Waals surface area contributed by atoms with E-state index in [-0.39, 0.29) is 23.6 Å². The molecule has 4 N–H and O–H groups in total. The number of fused-ring (bicyclic) bond motifs is 1. The number of piperazine rings is 1. The topological polar surface area (TPSA) is 103 Å². The van der Waals surface area contributed by atoms with Crippen LogP contribution in [0.15, 0.2) is 60.8 Å². The lowest BCUT2D eigenvalue weighted by Gasteiger charge is -2.33. The smallest absolute Gasteiger partial charge is 0.251 e. The number of para-hydroxylation sites is 1. The number of carbonyl (C=O) groups excluding carboxylic acids is 3. The SMILES string of the molecule is CC(c1c[nH]c2ccccc12)[C@H]1NC(=O)[C@@H](CCCNC(=O)c2ccccc2)NC1=O. The Bertz CT molecular complexity index is 1090. The van der Waals surface area contributed by atoms with Gasteiger partial charge in [0.15, 0.2) is 0 Å². The molecule has 1 aromatic heterocycles. The zero-order valence-electron chi connectivity index (χ0n) is 17.4. The van der Waals surface area contributed by atoms with Gasteiger partial charge in [0, 0.05) is 35.1 Å². The highest BCUT2D eigenvalue weighted by atomic mass is 16.2. The lowest BCUT2D eigenvalue weighted by Crippen LogP contribution is -2.63. The molecule has 2 aromatic carbocycles. The van der Waals surface area contributed by atoms with Crippen molar-refractivity contribution in [2.45, 2.75) is 37.8 Å². The third-order valence-corrected chi connectivity index (χ3v) is 5.82. The van der Waals surface area contributed by atoms with E-state index in [0.717, 1.165) is 16.5 Å². The third kappa shape index (κ3) is 4.45. The van der Waals surface area contributed by atoms with Gasteiger partial charge in [0.1, 0.15) is 12.1 Å². The average molecular weight is 418 g/mol. The Kier molecular flexibility index (Phi) is 6.02. The molecular formula is C24H26N4O3. The second-order valence-corrected chi connectivity index (χ2v) is 7.89. The van der Waals surface area contributed by atoms with Gasteiger partial charge in [-0.15, -0.1) is 0 Å². The minimum Gasteiger partial charge on any atom is -0.361 e. The van der Waals surface area contributed by atoms with Gasteiger partial charge in [0.2, 0.25) is 11.8 Å². The van der Waals surface area contributed by atoms with Crippen molar-refractivity contribution in [1.82, 2.24) is 20.9 Å². The molecule has 0 spiro atoms. The number of hydrogen-bond acceptors (Lipinski definition) is 3. The van der Waals surface area contributed by atoms with Crippen molar-refractivity contribution in [3.63, 3.8) is 0 Å². The highest BCUT2D eigenvalue weighted by Crippen LogP contribution is 2.28. The monoisotopic (exact) mass is 418 g/mol. The van der Waals surface area contributed by atoms with Crippen LogP contribution in [-0.2, 0) is 9.59 Å². The second kappa shape index (κ2) is 9.04. The third-order valence-electron chi connectivity index (χ3n) is 5.82. The van der Waals surface area contributed by atoms with Crippen LogP contribution in [0, 0.1) is 0 Å². The molecule has 2 heterocycles. The molecule has 0 aliphatic carbocycles. The number of aromatic amines is 1. The molecule has 3 aromatic rings. The zero-order chi connectivity index (χ0) is 21.8. The van der Waals surface area contributed by atoms with E-state index < -0.39 is 12.1 Å². The molecule has 0 radical (unpaired) electrons. The maximum Gasteiger partial charge on any atom is 0.251 e. The van der Waals surface area contributed by atoms with Gasteiger partial charge < -0.3 is 20.9 Å². The Labute approximate surface area is 180 Å². The van der Waals surface area contributed by atoms with Gasteiger partial charge in [-0.25, -0.2) is 0 Å². The number of nitrogens with one attached hydrogen (secondary N) is 4. The maximum atomic E-state index is 12.7. The van der Waals surface area contributed by atoms with E-state index in [1.54, 1.807) is 12.1 Å². The van der Waals surface area contributed by atoms with E-state index >= 15 is 0 Å². The van der Waals surface area contributed by atoms with Crippen LogP contribution in [0.1, 0.15) is 41.6 Å². The zero-order valence-corrected chi connectivity index (χ0v) is 17.4. The summed E-state index contributed by atoms with van der Waals surface area (Å²) in [7, 11) is 0. The summed E-state index contributed by atoms with van der Waals surface area (Å²) < 4.78 is 0. The number of hydrogen-bond donors (Lipinski definition) is 4. The lowest BCUT2D eigenvalue weighted by molar-refractivity contribution is -0.137. The summed E-state index contributed by atoms with van der Waals surface area (Å²) in [6.07, 6.45) is 2.94. The first kappa shape index (κ1) is 20.7. The molecule has 1 unspecified atom stereocenters. The standard InChI is InChI=1S/C24H26N4O3/c1-15(18-14-26-19-11-6-5-10-17(18)19)21-24(31)27-20(23(30)28-21)12-7-13-25-22(29)16-8-3-2-4-9-16/h2-6,8-11,14-15,20-21,26H,7,12-13H2,1H3,(H,25,29)(H,27,31)(H,28,30)/t15?,20-,21-/m1/s1. The first-order valence-electron chi connectivity index (χ1n) is 10.5. The average Bonchev–Trinajstić information content (AvgIpc) is 3.23. The van der Waals surface area contributed by atoms with Crippen molar-refractivity contribution in [2.75, 3.05) is 6.54 Å². The summed E-state index contributed by atoms with van der Waals surface area (Å²) in [6.45, 7) is 2.38. The summed E-state index contributed by atoms with van der Waals surface area (Å²) in [5.74, 6) is -0.696. The van der Waals surface area contributed by atoms with Gasteiger partial charge in [-0.3, -0.25) is 14.4 Å². The summed E-state index contributed by atoms with van der Waals surface area (Å²) in [4.78, 5) is 40.7. The second-order valence-electron chi connectivity index (χ2n) is 7.89. The van der Waals surface area contributed by atoms with Crippen LogP contribution in [0.3, 0.4) is 0 Å². The largest absolute Gasteiger partial charge is 0.361 e. The normalized spacial score (nSPS) is 19.5. The molecule has 0 saturated carbocycles. The number of aromatic nitrogens is 1. The van der Waals surface area contributed by atoms with Crippen LogP contribution in [0.5, 0.6) is 0 Å². The van der Waals surface area contributed by atoms with Crippen LogP contribution in [0.2, 0.25) is 0 Å². The highest BCUT2D eigenvalue weighted by molar-refractivity contribution is 5.98. The Balaban J connectivity index is 1.30. The van der Waals surface area contributed by atoms with E-state index in [2.05, 4.69) is 20.9 Å². The molecule has 3 amide bonds. The van der Waals surface area contributed by atoms with E-state index in [4.69, 9.17) is 0 Å². The molecule has 7 heteroatoms. The molecular weight excluding hydrogens is 392 g/mol. The Morgan fingerprint density at radius 2 is 1.74 bits per heavy atom. The fourth-order valence-corrected chi connectivity index (χ4v) is 4.05.